The number of fused-ring (bicyclic) bond motifs is 10. The smallest absolute Gasteiger partial charge is 0.182 e. The van der Waals surface area contributed by atoms with Crippen molar-refractivity contribution in [1.82, 2.24) is 9.80 Å². The minimum absolute atomic E-state index is 0.0335. The molecule has 20 atom stereocenters. The van der Waals surface area contributed by atoms with Gasteiger partial charge in [0, 0.05) is 49.9 Å². The highest BCUT2D eigenvalue weighted by atomic mass is 16.3. The van der Waals surface area contributed by atoms with Crippen molar-refractivity contribution in [2.45, 2.75) is 233 Å². The molecule has 0 aromatic heterocycles. The van der Waals surface area contributed by atoms with E-state index in [4.69, 9.17) is 0 Å². The van der Waals surface area contributed by atoms with Crippen molar-refractivity contribution in [2.24, 2.45) is 92.7 Å². The molecule has 0 radical (unpaired) electrons. The van der Waals surface area contributed by atoms with Gasteiger partial charge in [-0.15, -0.1) is 0 Å². The molecular formula is C58H98N2O6. The molecular weight excluding hydrogens is 821 g/mol. The Labute approximate surface area is 402 Å². The van der Waals surface area contributed by atoms with Crippen LogP contribution in [0.4, 0.5) is 0 Å². The van der Waals surface area contributed by atoms with E-state index in [1.54, 1.807) is 0 Å². The van der Waals surface area contributed by atoms with Gasteiger partial charge < -0.3 is 20.4 Å². The Balaban J connectivity index is 1.02. The van der Waals surface area contributed by atoms with Gasteiger partial charge in [-0.2, -0.15) is 0 Å². The molecule has 1 saturated heterocycles. The van der Waals surface area contributed by atoms with Gasteiger partial charge in [-0.1, -0.05) is 108 Å². The lowest BCUT2D eigenvalue weighted by Gasteiger charge is -2.67. The van der Waals surface area contributed by atoms with E-state index in [2.05, 4.69) is 79.0 Å². The fourth-order valence-corrected chi connectivity index (χ4v) is 20.2. The van der Waals surface area contributed by atoms with Crippen LogP contribution in [0.15, 0.2) is 0 Å². The summed E-state index contributed by atoms with van der Waals surface area (Å²) >= 11 is 0. The van der Waals surface area contributed by atoms with E-state index in [0.717, 1.165) is 50.4 Å². The predicted molar refractivity (Wildman–Crippen MR) is 263 cm³/mol. The van der Waals surface area contributed by atoms with Crippen LogP contribution in [0.2, 0.25) is 0 Å². The lowest BCUT2D eigenvalue weighted by Crippen LogP contribution is -2.76. The topological polar surface area (TPSA) is 122 Å². The van der Waals surface area contributed by atoms with Crippen LogP contribution >= 0.6 is 0 Å². The van der Waals surface area contributed by atoms with E-state index in [1.807, 2.05) is 0 Å². The first-order valence-corrected chi connectivity index (χ1v) is 28.4. The molecule has 8 nitrogen and oxygen atoms in total. The Kier molecular flexibility index (Phi) is 13.6. The summed E-state index contributed by atoms with van der Waals surface area (Å²) in [7, 11) is 0. The molecule has 0 aromatic rings. The van der Waals surface area contributed by atoms with E-state index >= 15 is 9.59 Å². The average molecular weight is 919 g/mol. The minimum atomic E-state index is -1.55. The average Bonchev–Trinajstić information content (AvgIpc) is 3.80. The predicted octanol–water partition coefficient (Wildman–Crippen LogP) is 10.1. The van der Waals surface area contributed by atoms with E-state index in [1.165, 1.54) is 51.4 Å². The molecule has 9 aliphatic rings. The number of piperazine rings is 1. The quantitative estimate of drug-likeness (QED) is 0.153. The molecule has 8 heteroatoms. The van der Waals surface area contributed by atoms with Gasteiger partial charge in [0.05, 0.1) is 24.3 Å². The minimum Gasteiger partial charge on any atom is -0.393 e. The van der Waals surface area contributed by atoms with Gasteiger partial charge in [-0.25, -0.2) is 0 Å². The number of ketones is 2. The van der Waals surface area contributed by atoms with Crippen molar-refractivity contribution in [3.63, 3.8) is 0 Å². The van der Waals surface area contributed by atoms with Crippen LogP contribution in [0.1, 0.15) is 198 Å². The Hall–Kier alpha value is -0.900. The zero-order valence-corrected chi connectivity index (χ0v) is 43.7. The third-order valence-electron chi connectivity index (χ3n) is 23.9. The third-order valence-corrected chi connectivity index (χ3v) is 23.9. The van der Waals surface area contributed by atoms with E-state index < -0.39 is 46.3 Å². The number of hydrogen-bond acceptors (Lipinski definition) is 8. The first-order valence-electron chi connectivity index (χ1n) is 28.4. The zero-order valence-electron chi connectivity index (χ0n) is 43.7. The molecule has 0 spiro atoms. The summed E-state index contributed by atoms with van der Waals surface area (Å²) in [6, 6.07) is -0.802. The van der Waals surface area contributed by atoms with Crippen LogP contribution < -0.4 is 0 Å². The third kappa shape index (κ3) is 7.59. The molecule has 0 bridgehead atoms. The van der Waals surface area contributed by atoms with Gasteiger partial charge in [0.2, 0.25) is 0 Å². The normalized spacial score (nSPS) is 50.6. The van der Waals surface area contributed by atoms with E-state index in [0.29, 0.717) is 87.4 Å². The van der Waals surface area contributed by atoms with Crippen LogP contribution in [-0.4, -0.2) is 103 Å². The molecule has 1 aliphatic heterocycles. The Morgan fingerprint density at radius 2 is 0.864 bits per heavy atom. The highest BCUT2D eigenvalue weighted by molar-refractivity contribution is 5.95. The van der Waals surface area contributed by atoms with Gasteiger partial charge in [0.25, 0.3) is 0 Å². The highest BCUT2D eigenvalue weighted by Gasteiger charge is 2.74. The summed E-state index contributed by atoms with van der Waals surface area (Å²) in [5.74, 6) is 5.58. The van der Waals surface area contributed by atoms with Gasteiger partial charge in [0.1, 0.15) is 11.2 Å². The monoisotopic (exact) mass is 919 g/mol. The highest BCUT2D eigenvalue weighted by Crippen LogP contribution is 2.71. The van der Waals surface area contributed by atoms with Gasteiger partial charge >= 0.3 is 0 Å². The summed E-state index contributed by atoms with van der Waals surface area (Å²) in [4.78, 5) is 36.1. The summed E-state index contributed by atoms with van der Waals surface area (Å²) in [5.41, 5.74) is -3.89. The fourth-order valence-electron chi connectivity index (χ4n) is 20.2. The fraction of sp³-hybridized carbons (Fsp3) is 0.966. The van der Waals surface area contributed by atoms with Crippen molar-refractivity contribution < 1.29 is 30.0 Å². The van der Waals surface area contributed by atoms with Gasteiger partial charge in [-0.05, 0) is 159 Å². The number of nitrogens with zero attached hydrogens (tertiary/aromatic N) is 2. The Bertz CT molecular complexity index is 1650. The number of hydrogen-bond donors (Lipinski definition) is 4. The van der Waals surface area contributed by atoms with E-state index in [-0.39, 0.29) is 58.9 Å². The molecule has 8 aliphatic carbocycles. The standard InChI is InChI=1S/C58H98N2O6/c1-35(2)13-11-15-37(5)41-17-19-43-47-45(23-25-53(41,43)7)55(9)27-21-39(61)33-57(55,65)51(63)49(47)59-29-31-60(32-30-59)50-48-44-20-18-42(38(6)16-12-14-36(3)4)54(44,8)26-24-46(48)56(10)28-22-40(62)34-58(56,66)52(50)64/h35-50,61-62,65-66H,11-34H2,1-10H3/t37-,38-,39+,40+,41-,42-,43+,44+,45+,46+,47+,48+,49?,50?,53-,54-,55-,56-,57+,58+/m1/s1. The maximum atomic E-state index is 15.6. The van der Waals surface area contributed by atoms with E-state index in [9.17, 15) is 20.4 Å². The lowest BCUT2D eigenvalue weighted by atomic mass is 9.41. The van der Waals surface area contributed by atoms with Crippen LogP contribution in [0.25, 0.3) is 0 Å². The summed E-state index contributed by atoms with van der Waals surface area (Å²) in [5, 5.41) is 48.2. The van der Waals surface area contributed by atoms with Crippen molar-refractivity contribution in [1.29, 1.82) is 0 Å². The number of rotatable bonds is 12. The number of aliphatic hydroxyl groups excluding tert-OH is 2. The zero-order chi connectivity index (χ0) is 47.5. The maximum absolute atomic E-state index is 15.6. The second kappa shape index (κ2) is 18.0. The molecule has 66 heavy (non-hydrogen) atoms. The van der Waals surface area contributed by atoms with Crippen LogP contribution in [0.3, 0.4) is 0 Å². The number of carbonyl (C=O) groups excluding carboxylic acids is 2. The van der Waals surface area contributed by atoms with Gasteiger partial charge in [-0.3, -0.25) is 19.4 Å². The van der Waals surface area contributed by atoms with Crippen molar-refractivity contribution in [3.05, 3.63) is 0 Å². The molecule has 376 valence electrons. The summed E-state index contributed by atoms with van der Waals surface area (Å²) in [6.07, 6.45) is 18.4. The van der Waals surface area contributed by atoms with Crippen LogP contribution in [0, 0.1) is 92.7 Å². The van der Waals surface area contributed by atoms with Gasteiger partial charge in [0.15, 0.2) is 11.6 Å². The number of aliphatic hydroxyl groups is 4. The molecule has 0 amide bonds. The summed E-state index contributed by atoms with van der Waals surface area (Å²) < 4.78 is 0. The first kappa shape index (κ1) is 50.1. The first-order chi connectivity index (χ1) is 31.1. The van der Waals surface area contributed by atoms with Crippen molar-refractivity contribution >= 4 is 11.6 Å². The largest absolute Gasteiger partial charge is 0.393 e. The lowest BCUT2D eigenvalue weighted by molar-refractivity contribution is -0.233. The molecule has 9 rings (SSSR count). The SMILES string of the molecule is CC(C)CCC[C@@H](C)[C@H]1CC[C@H]2[C@@H]3C(N4CCN(C5C(=O)[C@@]6(O)C[C@@H](O)CC[C@]6(C)[C@H]6CC[C@]7(C)[C@@H]([C@H](C)CCCC(C)C)CC[C@H]7[C@H]56)CC4)C(=O)[C@@]4(O)C[C@@H](O)CC[C@]4(C)[C@H]3CC[C@]12C. The molecule has 1 heterocycles. The molecule has 2 unspecified atom stereocenters. The molecule has 8 saturated carbocycles. The van der Waals surface area contributed by atoms with Crippen LogP contribution in [-0.2, 0) is 9.59 Å². The van der Waals surface area contributed by atoms with Crippen molar-refractivity contribution in [2.75, 3.05) is 26.2 Å². The second-order valence-electron chi connectivity index (χ2n) is 27.7. The Morgan fingerprint density at radius 3 is 1.21 bits per heavy atom. The second-order valence-corrected chi connectivity index (χ2v) is 27.7. The summed E-state index contributed by atoms with van der Waals surface area (Å²) in [6.45, 7) is 26.6. The maximum Gasteiger partial charge on any atom is 0.182 e. The Morgan fingerprint density at radius 1 is 0.500 bits per heavy atom. The van der Waals surface area contributed by atoms with Crippen molar-refractivity contribution in [3.8, 4) is 0 Å². The molecule has 9 fully saturated rings. The number of carbonyl (C=O) groups is 2. The van der Waals surface area contributed by atoms with Crippen LogP contribution in [0.5, 0.6) is 0 Å². The molecule has 0 aromatic carbocycles. The number of Topliss-reactive ketones (excluding diaryl/α,β-unsaturated/α-hetero) is 2. The molecule has 4 N–H and O–H groups in total.